The number of hydrogen-bond donors (Lipinski definition) is 3. The van der Waals surface area contributed by atoms with Crippen molar-refractivity contribution in [2.75, 3.05) is 0 Å². The number of fused-ring (bicyclic) bond motifs is 5. The Balaban J connectivity index is 1.55. The summed E-state index contributed by atoms with van der Waals surface area (Å²) in [5.74, 6) is 2.61. The maximum absolute atomic E-state index is 11.1. The molecule has 0 heterocycles. The van der Waals surface area contributed by atoms with Gasteiger partial charge in [0.1, 0.15) is 0 Å². The van der Waals surface area contributed by atoms with Crippen LogP contribution < -0.4 is 0 Å². The lowest BCUT2D eigenvalue weighted by molar-refractivity contribution is -0.172. The normalized spacial score (nSPS) is 51.7. The summed E-state index contributed by atoms with van der Waals surface area (Å²) in [6.07, 6.45) is 9.16. The number of hydrogen-bond acceptors (Lipinski definition) is 3. The van der Waals surface area contributed by atoms with Crippen molar-refractivity contribution in [1.82, 2.24) is 0 Å². The van der Waals surface area contributed by atoms with Crippen molar-refractivity contribution in [2.45, 2.75) is 97.2 Å². The van der Waals surface area contributed by atoms with E-state index in [9.17, 15) is 15.0 Å². The Morgan fingerprint density at radius 1 is 0.964 bits per heavy atom. The molecule has 0 spiro atoms. The minimum Gasteiger partial charge on any atom is -0.481 e. The van der Waals surface area contributed by atoms with Gasteiger partial charge in [-0.2, -0.15) is 0 Å². The molecule has 28 heavy (non-hydrogen) atoms. The number of carboxylic acids is 1. The second-order valence-corrected chi connectivity index (χ2v) is 11.4. The molecule has 4 saturated carbocycles. The first-order valence-electron chi connectivity index (χ1n) is 11.7. The second-order valence-electron chi connectivity index (χ2n) is 11.4. The van der Waals surface area contributed by atoms with Gasteiger partial charge in [0, 0.05) is 6.42 Å². The molecule has 0 aromatic heterocycles. The predicted molar refractivity (Wildman–Crippen MR) is 109 cm³/mol. The van der Waals surface area contributed by atoms with E-state index in [1.54, 1.807) is 0 Å². The third-order valence-electron chi connectivity index (χ3n) is 10.2. The summed E-state index contributed by atoms with van der Waals surface area (Å²) in [6, 6.07) is 0. The molecule has 3 N–H and O–H groups in total. The van der Waals surface area contributed by atoms with Gasteiger partial charge in [0.05, 0.1) is 12.2 Å². The van der Waals surface area contributed by atoms with Crippen LogP contribution in [0.5, 0.6) is 0 Å². The van der Waals surface area contributed by atoms with Crippen LogP contribution in [-0.2, 0) is 4.79 Å². The molecule has 4 aliphatic rings. The van der Waals surface area contributed by atoms with Crippen LogP contribution in [0.1, 0.15) is 85.0 Å². The maximum atomic E-state index is 11.1. The topological polar surface area (TPSA) is 77.8 Å². The first-order chi connectivity index (χ1) is 13.2. The van der Waals surface area contributed by atoms with Gasteiger partial charge >= 0.3 is 5.97 Å². The Kier molecular flexibility index (Phi) is 5.36. The molecular formula is C24H40O4. The summed E-state index contributed by atoms with van der Waals surface area (Å²) in [6.45, 7) is 7.16. The summed E-state index contributed by atoms with van der Waals surface area (Å²) in [5, 5.41) is 30.4. The molecule has 4 heteroatoms. The maximum Gasteiger partial charge on any atom is 0.303 e. The van der Waals surface area contributed by atoms with Crippen molar-refractivity contribution >= 4 is 5.97 Å². The first-order valence-corrected chi connectivity index (χ1v) is 11.7. The molecule has 0 aliphatic heterocycles. The highest BCUT2D eigenvalue weighted by Crippen LogP contribution is 2.68. The van der Waals surface area contributed by atoms with Crippen LogP contribution in [0.4, 0.5) is 0 Å². The third kappa shape index (κ3) is 3.14. The first kappa shape index (κ1) is 20.7. The monoisotopic (exact) mass is 392 g/mol. The Morgan fingerprint density at radius 2 is 1.64 bits per heavy atom. The van der Waals surface area contributed by atoms with Gasteiger partial charge in [-0.05, 0) is 104 Å². The van der Waals surface area contributed by atoms with E-state index >= 15 is 0 Å². The van der Waals surface area contributed by atoms with Crippen LogP contribution >= 0.6 is 0 Å². The van der Waals surface area contributed by atoms with Gasteiger partial charge in [0.25, 0.3) is 0 Å². The Bertz CT molecular complexity index is 605. The van der Waals surface area contributed by atoms with Gasteiger partial charge in [0.2, 0.25) is 0 Å². The molecule has 160 valence electrons. The molecule has 4 rings (SSSR count). The fourth-order valence-corrected chi connectivity index (χ4v) is 8.81. The molecule has 0 radical (unpaired) electrons. The van der Waals surface area contributed by atoms with E-state index in [-0.39, 0.29) is 30.0 Å². The molecule has 0 aromatic carbocycles. The number of aliphatic hydroxyl groups excluding tert-OH is 2. The van der Waals surface area contributed by atoms with E-state index in [4.69, 9.17) is 5.11 Å². The quantitative estimate of drug-likeness (QED) is 0.659. The van der Waals surface area contributed by atoms with E-state index in [1.165, 1.54) is 25.7 Å². The molecule has 0 unspecified atom stereocenters. The van der Waals surface area contributed by atoms with Gasteiger partial charge in [-0.15, -0.1) is 0 Å². The molecule has 0 saturated heterocycles. The molecular weight excluding hydrogens is 352 g/mol. The zero-order chi connectivity index (χ0) is 20.3. The van der Waals surface area contributed by atoms with E-state index in [1.807, 2.05) is 0 Å². The van der Waals surface area contributed by atoms with Crippen molar-refractivity contribution in [1.29, 1.82) is 0 Å². The van der Waals surface area contributed by atoms with Crippen LogP contribution in [0.2, 0.25) is 0 Å². The average Bonchev–Trinajstić information content (AvgIpc) is 2.99. The summed E-state index contributed by atoms with van der Waals surface area (Å²) in [7, 11) is 0. The minimum absolute atomic E-state index is 0.176. The zero-order valence-corrected chi connectivity index (χ0v) is 17.9. The van der Waals surface area contributed by atoms with E-state index in [0.29, 0.717) is 35.0 Å². The number of aliphatic hydroxyl groups is 2. The van der Waals surface area contributed by atoms with Crippen LogP contribution in [-0.4, -0.2) is 33.5 Å². The largest absolute Gasteiger partial charge is 0.481 e. The van der Waals surface area contributed by atoms with E-state index in [0.717, 1.165) is 32.1 Å². The van der Waals surface area contributed by atoms with Gasteiger partial charge in [-0.3, -0.25) is 4.79 Å². The van der Waals surface area contributed by atoms with Gasteiger partial charge in [-0.1, -0.05) is 20.8 Å². The van der Waals surface area contributed by atoms with Gasteiger partial charge in [0.15, 0.2) is 0 Å². The second kappa shape index (κ2) is 7.27. The predicted octanol–water partition coefficient (Wildman–Crippen LogP) is 4.48. The van der Waals surface area contributed by atoms with Crippen LogP contribution in [0.25, 0.3) is 0 Å². The Morgan fingerprint density at radius 3 is 2.36 bits per heavy atom. The number of aliphatic carboxylic acids is 1. The summed E-state index contributed by atoms with van der Waals surface area (Å²) < 4.78 is 0. The van der Waals surface area contributed by atoms with Crippen LogP contribution in [0.3, 0.4) is 0 Å². The fraction of sp³-hybridized carbons (Fsp3) is 0.958. The van der Waals surface area contributed by atoms with Crippen molar-refractivity contribution < 1.29 is 20.1 Å². The SMILES string of the molecule is C[C@H](CCC(=O)O)[C@H]1CC[C@@H]2[C@@H]3C[C@H](O)[C@H]4C[C@H](O)CC[C@]4(C)[C@@H]3CC[C@@]21C. The number of carboxylic acid groups (broad SMARTS) is 1. The van der Waals surface area contributed by atoms with Crippen LogP contribution in [0, 0.1) is 46.3 Å². The summed E-state index contributed by atoms with van der Waals surface area (Å²) in [5.41, 5.74) is 0.478. The van der Waals surface area contributed by atoms with Crippen molar-refractivity contribution in [3.8, 4) is 0 Å². The Hall–Kier alpha value is -0.610. The Labute approximate surface area is 170 Å². The van der Waals surface area contributed by atoms with E-state index < -0.39 is 5.97 Å². The molecule has 0 amide bonds. The van der Waals surface area contributed by atoms with E-state index in [2.05, 4.69) is 20.8 Å². The van der Waals surface area contributed by atoms with Gasteiger partial charge in [-0.25, -0.2) is 0 Å². The van der Waals surface area contributed by atoms with Crippen molar-refractivity contribution in [2.24, 2.45) is 46.3 Å². The van der Waals surface area contributed by atoms with Crippen molar-refractivity contribution in [3.05, 3.63) is 0 Å². The smallest absolute Gasteiger partial charge is 0.303 e. The zero-order valence-electron chi connectivity index (χ0n) is 17.9. The molecule has 4 nitrogen and oxygen atoms in total. The fourth-order valence-electron chi connectivity index (χ4n) is 8.81. The summed E-state index contributed by atoms with van der Waals surface area (Å²) >= 11 is 0. The highest BCUT2D eigenvalue weighted by atomic mass is 16.4. The highest BCUT2D eigenvalue weighted by Gasteiger charge is 2.62. The van der Waals surface area contributed by atoms with Crippen LogP contribution in [0.15, 0.2) is 0 Å². The number of carbonyl (C=O) groups is 1. The summed E-state index contributed by atoms with van der Waals surface area (Å²) in [4.78, 5) is 11.1. The van der Waals surface area contributed by atoms with Gasteiger partial charge < -0.3 is 15.3 Å². The molecule has 0 aromatic rings. The lowest BCUT2D eigenvalue weighted by Crippen LogP contribution is -2.58. The minimum atomic E-state index is -0.677. The molecule has 4 fully saturated rings. The highest BCUT2D eigenvalue weighted by molar-refractivity contribution is 5.66. The number of rotatable bonds is 4. The lowest BCUT2D eigenvalue weighted by atomic mass is 9.44. The van der Waals surface area contributed by atoms with Crippen molar-refractivity contribution in [3.63, 3.8) is 0 Å². The molecule has 4 aliphatic carbocycles. The molecule has 0 bridgehead atoms. The average molecular weight is 393 g/mol. The standard InChI is InChI=1S/C24H40O4/c1-14(4-7-22(27)28)17-5-6-18-16-13-21(26)20-12-15(25)8-10-24(20,3)19(16)9-11-23(17,18)2/h14-21,25-26H,4-13H2,1-3H3,(H,27,28)/t14-,15-,16+,17-,18-,19-,20-,21+,23-,24-/m1/s1. The third-order valence-corrected chi connectivity index (χ3v) is 10.2. The lowest BCUT2D eigenvalue weighted by Gasteiger charge is -2.62. The molecule has 10 atom stereocenters.